The van der Waals surface area contributed by atoms with Crippen molar-refractivity contribution in [1.29, 1.82) is 5.53 Å². The summed E-state index contributed by atoms with van der Waals surface area (Å²) >= 11 is 1.71. The fraction of sp³-hybridized carbons (Fsp3) is 0.684. The first kappa shape index (κ1) is 19.2. The van der Waals surface area contributed by atoms with Gasteiger partial charge in [-0.15, -0.1) is 11.3 Å². The summed E-state index contributed by atoms with van der Waals surface area (Å²) in [6, 6.07) is 0.356. The van der Waals surface area contributed by atoms with E-state index in [-0.39, 0.29) is 11.8 Å². The molecule has 4 rings (SSSR count). The predicted octanol–water partition coefficient (Wildman–Crippen LogP) is 2.66. The number of fused-ring (bicyclic) bond motifs is 1. The quantitative estimate of drug-likeness (QED) is 0.661. The van der Waals surface area contributed by atoms with Crippen LogP contribution in [0.1, 0.15) is 70.6 Å². The number of nitrogens with zero attached hydrogens (tertiary/aromatic N) is 1. The van der Waals surface area contributed by atoms with Crippen LogP contribution in [0.3, 0.4) is 0 Å². The average molecular weight is 377 g/mol. The molecule has 6 nitrogen and oxygen atoms in total. The van der Waals surface area contributed by atoms with E-state index in [2.05, 4.69) is 18.0 Å². The summed E-state index contributed by atoms with van der Waals surface area (Å²) in [5.41, 5.74) is 17.3. The molecule has 1 heterocycles. The smallest absolute Gasteiger partial charge is 0.252 e. The highest BCUT2D eigenvalue weighted by molar-refractivity contribution is 7.12. The number of aryl methyl sites for hydroxylation is 1. The van der Waals surface area contributed by atoms with E-state index in [1.807, 2.05) is 0 Å². The molecule has 142 valence electrons. The molecular formula is C19H28N4O2S. The van der Waals surface area contributed by atoms with Crippen molar-refractivity contribution in [3.63, 3.8) is 0 Å². The molecule has 26 heavy (non-hydrogen) atoms. The number of nitrogens with one attached hydrogen (secondary N) is 2. The fourth-order valence-corrected chi connectivity index (χ4v) is 5.18. The molecular weight excluding hydrogens is 348 g/mol. The highest BCUT2D eigenvalue weighted by Gasteiger charge is 2.37. The van der Waals surface area contributed by atoms with Crippen molar-refractivity contribution in [2.75, 3.05) is 6.54 Å². The second kappa shape index (κ2) is 7.96. The molecule has 2 atom stereocenters. The van der Waals surface area contributed by atoms with Crippen molar-refractivity contribution < 1.29 is 15.3 Å². The molecule has 1 aromatic heterocycles. The Hall–Kier alpha value is -1.60. The Labute approximate surface area is 158 Å². The highest BCUT2D eigenvalue weighted by atomic mass is 32.1. The summed E-state index contributed by atoms with van der Waals surface area (Å²) in [5, 5.41) is 3.13. The van der Waals surface area contributed by atoms with Crippen LogP contribution >= 0.6 is 11.3 Å². The number of carbonyl (C=O) groups excluding carboxylic acids is 2. The lowest BCUT2D eigenvalue weighted by atomic mass is 9.82. The van der Waals surface area contributed by atoms with Crippen molar-refractivity contribution in [2.24, 2.45) is 11.8 Å². The lowest BCUT2D eigenvalue weighted by molar-refractivity contribution is -0.427. The first-order valence-corrected chi connectivity index (χ1v) is 10.4. The van der Waals surface area contributed by atoms with Crippen LogP contribution in [0, 0.1) is 17.4 Å². The van der Waals surface area contributed by atoms with E-state index < -0.39 is 0 Å². The van der Waals surface area contributed by atoms with Crippen LogP contribution in [0.5, 0.6) is 0 Å². The molecule has 2 saturated carbocycles. The molecule has 0 spiro atoms. The summed E-state index contributed by atoms with van der Waals surface area (Å²) in [5.74, 6) is 1.58. The molecule has 0 radical (unpaired) electrons. The molecule has 3 aliphatic carbocycles. The van der Waals surface area contributed by atoms with Gasteiger partial charge in [0.1, 0.15) is 5.78 Å². The van der Waals surface area contributed by atoms with Gasteiger partial charge in [0.2, 0.25) is 0 Å². The number of thiophene rings is 1. The Bertz CT molecular complexity index is 694. The first-order chi connectivity index (χ1) is 12.5. The Balaban J connectivity index is 0.000000948. The van der Waals surface area contributed by atoms with Gasteiger partial charge >= 0.3 is 0 Å². The number of carbonyl (C=O) groups is 2. The minimum Gasteiger partial charge on any atom is -0.715 e. The Morgan fingerprint density at radius 3 is 2.54 bits per heavy atom. The molecule has 7 heteroatoms. The number of Topliss-reactive ketones (excluding diaryl/α,β-unsaturated/α-hetero) is 1. The Morgan fingerprint density at radius 2 is 1.92 bits per heavy atom. The van der Waals surface area contributed by atoms with E-state index in [4.69, 9.17) is 11.1 Å². The largest absolute Gasteiger partial charge is 0.715 e. The van der Waals surface area contributed by atoms with E-state index in [0.717, 1.165) is 42.7 Å². The molecule has 5 N–H and O–H groups in total. The first-order valence-electron chi connectivity index (χ1n) is 9.55. The van der Waals surface area contributed by atoms with Gasteiger partial charge in [0.25, 0.3) is 5.91 Å². The molecule has 2 fully saturated rings. The summed E-state index contributed by atoms with van der Waals surface area (Å²) in [4.78, 5) is 27.6. The number of hydrogen-bond donors (Lipinski definition) is 3. The standard InChI is InChI=1S/C19H26N2O2S.HN2/c1-10-13(20)6-7-15-17(10)18(19(23)21-9-11-2-3-11)16(24-15)8-14(22)12-4-5-12;1-2/h10-13H,2-9,20H2,1H3,(H,21,23);1H/q;-1/p+1/t10-,13-;/m1./s1. The van der Waals surface area contributed by atoms with E-state index >= 15 is 0 Å². The maximum atomic E-state index is 12.9. The normalized spacial score (nSPS) is 24.2. The molecule has 0 unspecified atom stereocenters. The van der Waals surface area contributed by atoms with Gasteiger partial charge in [0.05, 0.1) is 11.6 Å². The second-order valence-corrected chi connectivity index (χ2v) is 9.09. The van der Waals surface area contributed by atoms with Gasteiger partial charge in [-0.05, 0) is 43.6 Å². The fourth-order valence-electron chi connectivity index (χ4n) is 3.74. The number of amides is 1. The third-order valence-electron chi connectivity index (χ3n) is 5.84. The Morgan fingerprint density at radius 1 is 1.23 bits per heavy atom. The number of quaternary nitrogens is 1. The van der Waals surface area contributed by atoms with Crippen LogP contribution in [0.15, 0.2) is 0 Å². The van der Waals surface area contributed by atoms with Gasteiger partial charge in [-0.1, -0.05) is 6.92 Å². The zero-order valence-corrected chi connectivity index (χ0v) is 16.2. The zero-order chi connectivity index (χ0) is 18.8. The maximum Gasteiger partial charge on any atom is 0.252 e. The van der Waals surface area contributed by atoms with Crippen LogP contribution in [-0.2, 0) is 17.6 Å². The number of rotatable bonds is 6. The van der Waals surface area contributed by atoms with Crippen LogP contribution in [-0.4, -0.2) is 24.3 Å². The average Bonchev–Trinajstić information content (AvgIpc) is 3.54. The van der Waals surface area contributed by atoms with E-state index in [9.17, 15) is 9.59 Å². The van der Waals surface area contributed by atoms with Crippen LogP contribution in [0.2, 0.25) is 0 Å². The lowest BCUT2D eigenvalue weighted by Crippen LogP contribution is -2.64. The van der Waals surface area contributed by atoms with Crippen LogP contribution in [0.25, 0.3) is 5.53 Å². The van der Waals surface area contributed by atoms with Crippen molar-refractivity contribution in [3.05, 3.63) is 26.4 Å². The third kappa shape index (κ3) is 4.04. The molecule has 1 amide bonds. The van der Waals surface area contributed by atoms with Crippen molar-refractivity contribution in [2.45, 2.75) is 63.8 Å². The molecule has 0 aliphatic heterocycles. The van der Waals surface area contributed by atoms with Gasteiger partial charge in [-0.25, -0.2) is 0 Å². The molecule has 0 bridgehead atoms. The third-order valence-corrected chi connectivity index (χ3v) is 7.11. The van der Waals surface area contributed by atoms with E-state index in [1.165, 1.54) is 23.3 Å². The predicted molar refractivity (Wildman–Crippen MR) is 100 cm³/mol. The van der Waals surface area contributed by atoms with Gasteiger partial charge < -0.3 is 22.1 Å². The summed E-state index contributed by atoms with van der Waals surface area (Å²) < 4.78 is 0. The van der Waals surface area contributed by atoms with Gasteiger partial charge in [0, 0.05) is 41.0 Å². The minimum atomic E-state index is 0.0407. The van der Waals surface area contributed by atoms with E-state index in [1.54, 1.807) is 11.3 Å². The van der Waals surface area contributed by atoms with Crippen LogP contribution in [0.4, 0.5) is 0 Å². The lowest BCUT2D eigenvalue weighted by Gasteiger charge is -2.24. The maximum absolute atomic E-state index is 12.9. The Kier molecular flexibility index (Phi) is 5.87. The number of ketones is 1. The molecule has 3 aliphatic rings. The van der Waals surface area contributed by atoms with Crippen molar-refractivity contribution in [1.82, 2.24) is 5.32 Å². The summed E-state index contributed by atoms with van der Waals surface area (Å²) in [6.07, 6.45) is 7.05. The second-order valence-electron chi connectivity index (χ2n) is 7.90. The molecule has 1 aromatic rings. The van der Waals surface area contributed by atoms with Crippen molar-refractivity contribution in [3.8, 4) is 0 Å². The zero-order valence-electron chi connectivity index (χ0n) is 15.3. The van der Waals surface area contributed by atoms with Crippen molar-refractivity contribution >= 4 is 23.0 Å². The van der Waals surface area contributed by atoms with Gasteiger partial charge in [-0.2, -0.15) is 0 Å². The van der Waals surface area contributed by atoms with Crippen LogP contribution < -0.4 is 11.1 Å². The monoisotopic (exact) mass is 376 g/mol. The summed E-state index contributed by atoms with van der Waals surface area (Å²) in [7, 11) is 0. The van der Waals surface area contributed by atoms with Gasteiger partial charge in [-0.3, -0.25) is 9.59 Å². The molecule has 0 aromatic carbocycles. The number of hydrogen-bond acceptors (Lipinski definition) is 4. The molecule has 0 saturated heterocycles. The minimum absolute atomic E-state index is 0.0407. The highest BCUT2D eigenvalue weighted by Crippen LogP contribution is 2.41. The topological polar surface area (TPSA) is 120 Å². The summed E-state index contributed by atoms with van der Waals surface area (Å²) in [6.45, 7) is 2.97. The SMILES string of the molecule is C[C@H]1c2c(sc(CC(=O)C3CC3)c2C(=O)NCC2CC2)CC[C@H]1[NH3+].[N-]=N. The van der Waals surface area contributed by atoms with E-state index in [0.29, 0.717) is 30.1 Å². The van der Waals surface area contributed by atoms with Gasteiger partial charge in [0.15, 0.2) is 0 Å².